The molecule has 0 radical (unpaired) electrons. The molecule has 0 unspecified atom stereocenters. The summed E-state index contributed by atoms with van der Waals surface area (Å²) in [5.74, 6) is -41.1. The molecule has 0 aromatic rings. The molecule has 0 spiro atoms. The van der Waals surface area contributed by atoms with Crippen molar-refractivity contribution >= 4 is 5.91 Å². The minimum absolute atomic E-state index is 0.0356. The molecule has 1 amide bonds. The highest BCUT2D eigenvalue weighted by Crippen LogP contribution is 2.60. The third-order valence-electron chi connectivity index (χ3n) is 3.85. The van der Waals surface area contributed by atoms with Crippen LogP contribution in [-0.2, 0) is 4.79 Å². The first kappa shape index (κ1) is 23.6. The topological polar surface area (TPSA) is 20.3 Å². The van der Waals surface area contributed by atoms with Gasteiger partial charge in [0.15, 0.2) is 0 Å². The number of halogens is 13. The fourth-order valence-corrected chi connectivity index (χ4v) is 2.20. The van der Waals surface area contributed by atoms with E-state index in [4.69, 9.17) is 0 Å². The maximum absolute atomic E-state index is 13.6. The molecule has 27 heavy (non-hydrogen) atoms. The van der Waals surface area contributed by atoms with Crippen LogP contribution in [0.4, 0.5) is 57.1 Å². The molecule has 2 nitrogen and oxygen atoms in total. The zero-order chi connectivity index (χ0) is 21.7. The molecule has 1 aliphatic rings. The highest BCUT2D eigenvalue weighted by Gasteiger charge is 2.91. The minimum atomic E-state index is -7.99. The maximum Gasteiger partial charge on any atom is 0.460 e. The third kappa shape index (κ3) is 3.30. The van der Waals surface area contributed by atoms with Crippen LogP contribution in [0.2, 0.25) is 0 Å². The second kappa shape index (κ2) is 6.57. The fraction of sp³-hybridized carbons (Fsp3) is 0.917. The summed E-state index contributed by atoms with van der Waals surface area (Å²) in [7, 11) is 0. The van der Waals surface area contributed by atoms with Gasteiger partial charge in [0, 0.05) is 13.1 Å². The van der Waals surface area contributed by atoms with Crippen LogP contribution in [0, 0.1) is 0 Å². The molecule has 1 aliphatic heterocycles. The molecule has 0 bridgehead atoms. The van der Waals surface area contributed by atoms with Gasteiger partial charge in [-0.05, 0) is 19.3 Å². The lowest BCUT2D eigenvalue weighted by Crippen LogP contribution is -2.72. The van der Waals surface area contributed by atoms with Crippen LogP contribution in [0.1, 0.15) is 19.3 Å². The number of amides is 1. The molecule has 1 fully saturated rings. The van der Waals surface area contributed by atoms with Crippen molar-refractivity contribution in [1.82, 2.24) is 4.90 Å². The van der Waals surface area contributed by atoms with E-state index in [1.807, 2.05) is 0 Å². The molecule has 0 N–H and O–H groups in total. The summed E-state index contributed by atoms with van der Waals surface area (Å²) in [5, 5.41) is 0. The molecule has 1 saturated heterocycles. The van der Waals surface area contributed by atoms with Gasteiger partial charge in [-0.3, -0.25) is 4.79 Å². The van der Waals surface area contributed by atoms with Crippen molar-refractivity contribution in [3.05, 3.63) is 0 Å². The van der Waals surface area contributed by atoms with E-state index in [-0.39, 0.29) is 17.7 Å². The first-order chi connectivity index (χ1) is 11.8. The van der Waals surface area contributed by atoms with E-state index < -0.39 is 54.8 Å². The Morgan fingerprint density at radius 2 is 0.926 bits per heavy atom. The lowest BCUT2D eigenvalue weighted by Gasteiger charge is -2.40. The second-order valence-corrected chi connectivity index (χ2v) is 5.72. The van der Waals surface area contributed by atoms with Crippen LogP contribution in [0.15, 0.2) is 0 Å². The fourth-order valence-electron chi connectivity index (χ4n) is 2.20. The van der Waals surface area contributed by atoms with Gasteiger partial charge < -0.3 is 4.90 Å². The number of hydrogen-bond acceptors (Lipinski definition) is 1. The number of carbonyl (C=O) groups excluding carboxylic acids is 1. The summed E-state index contributed by atoms with van der Waals surface area (Å²) in [6.07, 6.45) is -7.21. The van der Waals surface area contributed by atoms with Crippen molar-refractivity contribution in [3.63, 3.8) is 0 Å². The van der Waals surface area contributed by atoms with Crippen molar-refractivity contribution in [1.29, 1.82) is 0 Å². The number of carbonyl (C=O) groups is 1. The summed E-state index contributed by atoms with van der Waals surface area (Å²) in [5.41, 5.74) is 0. The van der Waals surface area contributed by atoms with Gasteiger partial charge in [-0.2, -0.15) is 57.1 Å². The molecule has 1 heterocycles. The quantitative estimate of drug-likeness (QED) is 0.577. The molecule has 0 aliphatic carbocycles. The lowest BCUT2D eigenvalue weighted by molar-refractivity contribution is -0.436. The molecule has 0 aromatic heterocycles. The predicted octanol–water partition coefficient (Wildman–Crippen LogP) is 4.74. The van der Waals surface area contributed by atoms with E-state index in [0.717, 1.165) is 0 Å². The first-order valence-electron chi connectivity index (χ1n) is 7.02. The average molecular weight is 431 g/mol. The molecular formula is C12H10F13NO. The number of nitrogens with zero attached hydrogens (tertiary/aromatic N) is 1. The van der Waals surface area contributed by atoms with Crippen LogP contribution in [-0.4, -0.2) is 59.7 Å². The van der Waals surface area contributed by atoms with E-state index in [1.165, 1.54) is 0 Å². The molecule has 1 rings (SSSR count). The zero-order valence-corrected chi connectivity index (χ0v) is 12.8. The average Bonchev–Trinajstić information content (AvgIpc) is 2.53. The Morgan fingerprint density at radius 3 is 1.30 bits per heavy atom. The summed E-state index contributed by atoms with van der Waals surface area (Å²) in [4.78, 5) is 11.3. The van der Waals surface area contributed by atoms with E-state index in [1.54, 1.807) is 0 Å². The predicted molar refractivity (Wildman–Crippen MR) is 61.2 cm³/mol. The van der Waals surface area contributed by atoms with Gasteiger partial charge >= 0.3 is 35.8 Å². The Bertz CT molecular complexity index is 562. The van der Waals surface area contributed by atoms with Crippen molar-refractivity contribution in [2.24, 2.45) is 0 Å². The molecular weight excluding hydrogens is 421 g/mol. The highest BCUT2D eigenvalue weighted by molar-refractivity contribution is 5.85. The van der Waals surface area contributed by atoms with E-state index in [9.17, 15) is 61.9 Å². The Hall–Kier alpha value is -1.44. The van der Waals surface area contributed by atoms with E-state index in [0.29, 0.717) is 6.42 Å². The number of likely N-dealkylation sites (tertiary alicyclic amines) is 1. The largest absolute Gasteiger partial charge is 0.460 e. The monoisotopic (exact) mass is 431 g/mol. The van der Waals surface area contributed by atoms with Crippen LogP contribution in [0.25, 0.3) is 0 Å². The summed E-state index contributed by atoms with van der Waals surface area (Å²) < 4.78 is 168. The van der Waals surface area contributed by atoms with Crippen molar-refractivity contribution in [2.45, 2.75) is 55.1 Å². The molecule has 160 valence electrons. The van der Waals surface area contributed by atoms with Gasteiger partial charge in [-0.1, -0.05) is 0 Å². The SMILES string of the molecule is O=C(N1CCCCC1)C(F)(F)C(F)(F)C(F)(F)C(F)(F)C(F)(F)C(F)(F)F. The van der Waals surface area contributed by atoms with Gasteiger partial charge in [0.05, 0.1) is 0 Å². The lowest BCUT2D eigenvalue weighted by atomic mass is 9.93. The van der Waals surface area contributed by atoms with Crippen molar-refractivity contribution < 1.29 is 61.9 Å². The van der Waals surface area contributed by atoms with Gasteiger partial charge in [0.1, 0.15) is 0 Å². The van der Waals surface area contributed by atoms with Gasteiger partial charge in [-0.25, -0.2) is 0 Å². The molecule has 0 atom stereocenters. The Kier molecular flexibility index (Phi) is 5.74. The third-order valence-corrected chi connectivity index (χ3v) is 3.85. The number of hydrogen-bond donors (Lipinski definition) is 0. The van der Waals surface area contributed by atoms with E-state index in [2.05, 4.69) is 0 Å². The van der Waals surface area contributed by atoms with Crippen LogP contribution in [0.3, 0.4) is 0 Å². The Balaban J connectivity index is 3.38. The van der Waals surface area contributed by atoms with E-state index >= 15 is 0 Å². The van der Waals surface area contributed by atoms with Crippen molar-refractivity contribution in [3.8, 4) is 0 Å². The number of piperidine rings is 1. The summed E-state index contributed by atoms with van der Waals surface area (Å²) in [6, 6.07) is 0. The number of rotatable bonds is 5. The van der Waals surface area contributed by atoms with Crippen LogP contribution < -0.4 is 0 Å². The standard InChI is InChI=1S/C12H10F13NO/c13-7(14,6(27)26-4-2-1-3-5-26)8(15,16)9(17,18)10(19,20)11(21,22)12(23,24)25/h1-5H2. The summed E-state index contributed by atoms with van der Waals surface area (Å²) in [6.45, 7) is -1.30. The van der Waals surface area contributed by atoms with Crippen LogP contribution in [0.5, 0.6) is 0 Å². The van der Waals surface area contributed by atoms with Gasteiger partial charge in [0.2, 0.25) is 0 Å². The Labute approximate surface area is 142 Å². The molecule has 0 saturated carbocycles. The highest BCUT2D eigenvalue weighted by atomic mass is 19.4. The second-order valence-electron chi connectivity index (χ2n) is 5.72. The minimum Gasteiger partial charge on any atom is -0.337 e. The number of alkyl halides is 13. The molecule has 0 aromatic carbocycles. The van der Waals surface area contributed by atoms with Gasteiger partial charge in [-0.15, -0.1) is 0 Å². The molecule has 15 heteroatoms. The van der Waals surface area contributed by atoms with Crippen LogP contribution >= 0.6 is 0 Å². The van der Waals surface area contributed by atoms with Crippen molar-refractivity contribution in [2.75, 3.05) is 13.1 Å². The zero-order valence-electron chi connectivity index (χ0n) is 12.8. The first-order valence-corrected chi connectivity index (χ1v) is 7.02. The maximum atomic E-state index is 13.6. The van der Waals surface area contributed by atoms with Gasteiger partial charge in [0.25, 0.3) is 5.91 Å². The smallest absolute Gasteiger partial charge is 0.337 e. The Morgan fingerprint density at radius 1 is 0.556 bits per heavy atom. The summed E-state index contributed by atoms with van der Waals surface area (Å²) >= 11 is 0. The normalized spacial score (nSPS) is 18.6.